The Kier molecular flexibility index (Phi) is 7.70. The number of hydrogen-bond acceptors (Lipinski definition) is 7. The first kappa shape index (κ1) is 22.9. The van der Waals surface area contributed by atoms with E-state index in [1.54, 1.807) is 29.6 Å². The summed E-state index contributed by atoms with van der Waals surface area (Å²) < 4.78 is 16.6. The largest absolute Gasteiger partial charge is 0.491 e. The average Bonchev–Trinajstić information content (AvgIpc) is 3.50. The maximum Gasteiger partial charge on any atom is 0.338 e. The van der Waals surface area contributed by atoms with Crippen molar-refractivity contribution in [1.82, 2.24) is 4.98 Å². The molecule has 0 spiro atoms. The third-order valence-corrected chi connectivity index (χ3v) is 6.05. The minimum atomic E-state index is -0.438. The van der Waals surface area contributed by atoms with Crippen molar-refractivity contribution in [3.63, 3.8) is 0 Å². The van der Waals surface area contributed by atoms with Gasteiger partial charge in [0.05, 0.1) is 23.8 Å². The van der Waals surface area contributed by atoms with E-state index in [4.69, 9.17) is 14.2 Å². The molecule has 1 unspecified atom stereocenters. The molecule has 1 aliphatic heterocycles. The van der Waals surface area contributed by atoms with Crippen molar-refractivity contribution in [2.75, 3.05) is 18.5 Å². The summed E-state index contributed by atoms with van der Waals surface area (Å²) >= 11 is 1.37. The van der Waals surface area contributed by atoms with E-state index in [-0.39, 0.29) is 25.0 Å². The summed E-state index contributed by atoms with van der Waals surface area (Å²) in [4.78, 5) is 29.0. The van der Waals surface area contributed by atoms with Crippen molar-refractivity contribution in [2.24, 2.45) is 0 Å². The zero-order valence-electron chi connectivity index (χ0n) is 18.4. The summed E-state index contributed by atoms with van der Waals surface area (Å²) in [5.74, 6) is 0.112. The lowest BCUT2D eigenvalue weighted by molar-refractivity contribution is -0.115. The molecule has 1 amide bonds. The Hall–Kier alpha value is -3.23. The smallest absolute Gasteiger partial charge is 0.338 e. The molecule has 7 nitrogen and oxygen atoms in total. The predicted octanol–water partition coefficient (Wildman–Crippen LogP) is 4.55. The van der Waals surface area contributed by atoms with Crippen molar-refractivity contribution >= 4 is 28.9 Å². The van der Waals surface area contributed by atoms with Crippen LogP contribution in [0.2, 0.25) is 0 Å². The van der Waals surface area contributed by atoms with Gasteiger partial charge in [0, 0.05) is 17.7 Å². The van der Waals surface area contributed by atoms with Gasteiger partial charge in [0.2, 0.25) is 5.91 Å². The SMILES string of the molecule is Cc1ccc(NC(=O)Cc2nc(COC(=O)c3ccc(OCC4CCCO4)cc3)cs2)cc1. The number of nitrogens with zero attached hydrogens (tertiary/aromatic N) is 1. The van der Waals surface area contributed by atoms with Gasteiger partial charge in [-0.15, -0.1) is 11.3 Å². The van der Waals surface area contributed by atoms with Crippen molar-refractivity contribution in [3.8, 4) is 5.75 Å². The van der Waals surface area contributed by atoms with Crippen LogP contribution < -0.4 is 10.1 Å². The number of thiazole rings is 1. The highest BCUT2D eigenvalue weighted by Crippen LogP contribution is 2.18. The standard InChI is InChI=1S/C25H26N2O5S/c1-17-4-8-19(9-5-17)26-23(28)13-24-27-20(16-33-24)14-32-25(29)18-6-10-21(11-7-18)31-15-22-3-2-12-30-22/h4-11,16,22H,2-3,12-15H2,1H3,(H,26,28). The molecule has 0 aliphatic carbocycles. The Labute approximate surface area is 196 Å². The van der Waals surface area contributed by atoms with E-state index in [1.807, 2.05) is 31.2 Å². The number of esters is 1. The number of rotatable bonds is 9. The van der Waals surface area contributed by atoms with Crippen molar-refractivity contribution in [1.29, 1.82) is 0 Å². The minimum absolute atomic E-state index is 0.0478. The first-order chi connectivity index (χ1) is 16.0. The Morgan fingerprint density at radius 2 is 1.94 bits per heavy atom. The number of amides is 1. The van der Waals surface area contributed by atoms with E-state index in [1.165, 1.54) is 11.3 Å². The average molecular weight is 467 g/mol. The van der Waals surface area contributed by atoms with Gasteiger partial charge in [0.15, 0.2) is 0 Å². The van der Waals surface area contributed by atoms with Gasteiger partial charge in [0.25, 0.3) is 0 Å². The van der Waals surface area contributed by atoms with Crippen LogP contribution in [0.1, 0.15) is 39.5 Å². The molecular formula is C25H26N2O5S. The fraction of sp³-hybridized carbons (Fsp3) is 0.320. The summed E-state index contributed by atoms with van der Waals surface area (Å²) in [6, 6.07) is 14.5. The highest BCUT2D eigenvalue weighted by Gasteiger charge is 2.16. The minimum Gasteiger partial charge on any atom is -0.491 e. The van der Waals surface area contributed by atoms with E-state index >= 15 is 0 Å². The van der Waals surface area contributed by atoms with Crippen molar-refractivity contribution in [2.45, 2.75) is 38.9 Å². The molecule has 1 aliphatic rings. The summed E-state index contributed by atoms with van der Waals surface area (Å²) in [6.45, 7) is 3.35. The number of aryl methyl sites for hydroxylation is 1. The maximum absolute atomic E-state index is 12.3. The number of carbonyl (C=O) groups is 2. The third kappa shape index (κ3) is 6.87. The first-order valence-corrected chi connectivity index (χ1v) is 11.7. The van der Waals surface area contributed by atoms with Crippen LogP contribution in [0.5, 0.6) is 5.75 Å². The summed E-state index contributed by atoms with van der Waals surface area (Å²) in [7, 11) is 0. The molecule has 4 rings (SSSR count). The molecule has 0 saturated carbocycles. The van der Waals surface area contributed by atoms with E-state index in [0.29, 0.717) is 28.6 Å². The van der Waals surface area contributed by atoms with Crippen LogP contribution in [0.15, 0.2) is 53.9 Å². The molecule has 3 aromatic rings. The Morgan fingerprint density at radius 3 is 2.67 bits per heavy atom. The number of aromatic nitrogens is 1. The molecule has 33 heavy (non-hydrogen) atoms. The quantitative estimate of drug-likeness (QED) is 0.466. The molecule has 8 heteroatoms. The van der Waals surface area contributed by atoms with Gasteiger partial charge in [-0.05, 0) is 56.2 Å². The van der Waals surface area contributed by atoms with E-state index < -0.39 is 5.97 Å². The Morgan fingerprint density at radius 1 is 1.15 bits per heavy atom. The molecular weight excluding hydrogens is 440 g/mol. The number of ether oxygens (including phenoxy) is 3. The molecule has 1 aromatic heterocycles. The lowest BCUT2D eigenvalue weighted by Gasteiger charge is -2.11. The van der Waals surface area contributed by atoms with Gasteiger partial charge in [-0.25, -0.2) is 9.78 Å². The van der Waals surface area contributed by atoms with Crippen LogP contribution >= 0.6 is 11.3 Å². The van der Waals surface area contributed by atoms with E-state index in [0.717, 1.165) is 30.7 Å². The van der Waals surface area contributed by atoms with Crippen LogP contribution in [0, 0.1) is 6.92 Å². The van der Waals surface area contributed by atoms with Crippen LogP contribution in [0.4, 0.5) is 5.69 Å². The second-order valence-corrected chi connectivity index (χ2v) is 8.81. The molecule has 172 valence electrons. The highest BCUT2D eigenvalue weighted by atomic mass is 32.1. The van der Waals surface area contributed by atoms with Crippen molar-refractivity contribution in [3.05, 3.63) is 75.7 Å². The Bertz CT molecular complexity index is 1070. The maximum atomic E-state index is 12.3. The lowest BCUT2D eigenvalue weighted by atomic mass is 10.2. The van der Waals surface area contributed by atoms with Gasteiger partial charge in [0.1, 0.15) is 24.0 Å². The fourth-order valence-corrected chi connectivity index (χ4v) is 4.13. The zero-order valence-corrected chi connectivity index (χ0v) is 19.2. The van der Waals surface area contributed by atoms with E-state index in [9.17, 15) is 9.59 Å². The molecule has 0 radical (unpaired) electrons. The monoisotopic (exact) mass is 466 g/mol. The number of anilines is 1. The fourth-order valence-electron chi connectivity index (χ4n) is 3.35. The van der Waals surface area contributed by atoms with Crippen LogP contribution in [0.25, 0.3) is 0 Å². The van der Waals surface area contributed by atoms with Crippen LogP contribution in [-0.4, -0.2) is 36.2 Å². The second-order valence-electron chi connectivity index (χ2n) is 7.87. The van der Waals surface area contributed by atoms with Crippen LogP contribution in [-0.2, 0) is 27.3 Å². The van der Waals surface area contributed by atoms with Gasteiger partial charge < -0.3 is 19.5 Å². The second kappa shape index (κ2) is 11.1. The molecule has 1 N–H and O–H groups in total. The number of hydrogen-bond donors (Lipinski definition) is 1. The normalized spacial score (nSPS) is 15.2. The molecule has 1 atom stereocenters. The predicted molar refractivity (Wildman–Crippen MR) is 126 cm³/mol. The Balaban J connectivity index is 1.21. The molecule has 2 aromatic carbocycles. The summed E-state index contributed by atoms with van der Waals surface area (Å²) in [6.07, 6.45) is 2.39. The number of benzene rings is 2. The van der Waals surface area contributed by atoms with Crippen molar-refractivity contribution < 1.29 is 23.8 Å². The first-order valence-electron chi connectivity index (χ1n) is 10.9. The zero-order chi connectivity index (χ0) is 23.0. The number of nitrogens with one attached hydrogen (secondary N) is 1. The van der Waals surface area contributed by atoms with Gasteiger partial charge in [-0.3, -0.25) is 4.79 Å². The molecule has 0 bridgehead atoms. The molecule has 1 fully saturated rings. The van der Waals surface area contributed by atoms with E-state index in [2.05, 4.69) is 10.3 Å². The van der Waals surface area contributed by atoms with Crippen LogP contribution in [0.3, 0.4) is 0 Å². The van der Waals surface area contributed by atoms with Gasteiger partial charge in [-0.1, -0.05) is 17.7 Å². The topological polar surface area (TPSA) is 86.8 Å². The lowest BCUT2D eigenvalue weighted by Crippen LogP contribution is -2.16. The summed E-state index contributed by atoms with van der Waals surface area (Å²) in [5, 5.41) is 5.31. The molecule has 1 saturated heterocycles. The third-order valence-electron chi connectivity index (χ3n) is 5.15. The van der Waals surface area contributed by atoms with Gasteiger partial charge in [-0.2, -0.15) is 0 Å². The summed E-state index contributed by atoms with van der Waals surface area (Å²) in [5.41, 5.74) is 2.93. The molecule has 2 heterocycles. The van der Waals surface area contributed by atoms with Gasteiger partial charge >= 0.3 is 5.97 Å². The number of carbonyl (C=O) groups excluding carboxylic acids is 2. The highest BCUT2D eigenvalue weighted by molar-refractivity contribution is 7.09.